The number of hydrogen-bond acceptors (Lipinski definition) is 3. The topological polar surface area (TPSA) is 49.6 Å². The largest absolute Gasteiger partial charge is 0.375 e. The van der Waals surface area contributed by atoms with Crippen LogP contribution in [0.4, 0.5) is 11.4 Å². The van der Waals surface area contributed by atoms with E-state index in [1.807, 2.05) is 25.2 Å². The highest BCUT2D eigenvalue weighted by Gasteiger charge is 2.32. The van der Waals surface area contributed by atoms with Crippen molar-refractivity contribution in [3.05, 3.63) is 23.8 Å². The normalized spacial score (nSPS) is 18.9. The van der Waals surface area contributed by atoms with Crippen molar-refractivity contribution in [2.45, 2.75) is 13.0 Å². The third-order valence-corrected chi connectivity index (χ3v) is 3.22. The second-order valence-electron chi connectivity index (χ2n) is 4.13. The molecule has 0 radical (unpaired) electrons. The third kappa shape index (κ3) is 1.46. The van der Waals surface area contributed by atoms with Crippen molar-refractivity contribution in [1.82, 2.24) is 0 Å². The molecule has 0 fully saturated rings. The Labute approximate surface area is 95.6 Å². The highest BCUT2D eigenvalue weighted by Crippen LogP contribution is 2.35. The maximum Gasteiger partial charge on any atom is 0.248 e. The molecule has 4 nitrogen and oxygen atoms in total. The van der Waals surface area contributed by atoms with Gasteiger partial charge in [0, 0.05) is 31.9 Å². The van der Waals surface area contributed by atoms with Crippen molar-refractivity contribution in [2.24, 2.45) is 5.73 Å². The molecule has 16 heavy (non-hydrogen) atoms. The Morgan fingerprint density at radius 3 is 2.81 bits per heavy atom. The third-order valence-electron chi connectivity index (χ3n) is 3.22. The number of nitrogens with two attached hydrogens (primary N) is 1. The molecule has 1 atom stereocenters. The van der Waals surface area contributed by atoms with Crippen molar-refractivity contribution in [3.63, 3.8) is 0 Å². The molecule has 1 heterocycles. The number of carbonyl (C=O) groups excluding carboxylic acids is 1. The predicted molar refractivity (Wildman–Crippen MR) is 65.7 cm³/mol. The highest BCUT2D eigenvalue weighted by atomic mass is 16.2. The SMILES string of the molecule is CCN(C)c1ccc2c(c1)N(C)C(=O)C2N. The molecule has 1 aliphatic heterocycles. The summed E-state index contributed by atoms with van der Waals surface area (Å²) in [5.74, 6) is -0.0358. The zero-order chi connectivity index (χ0) is 11.9. The standard InChI is InChI=1S/C12H17N3O/c1-4-14(2)8-5-6-9-10(7-8)15(3)12(16)11(9)13/h5-7,11H,4,13H2,1-3H3. The van der Waals surface area contributed by atoms with Crippen LogP contribution >= 0.6 is 0 Å². The Hall–Kier alpha value is -1.55. The lowest BCUT2D eigenvalue weighted by Gasteiger charge is -2.19. The number of carbonyl (C=O) groups is 1. The van der Waals surface area contributed by atoms with Crippen LogP contribution in [0.2, 0.25) is 0 Å². The van der Waals surface area contributed by atoms with Gasteiger partial charge >= 0.3 is 0 Å². The molecule has 2 rings (SSSR count). The van der Waals surface area contributed by atoms with E-state index in [4.69, 9.17) is 5.73 Å². The van der Waals surface area contributed by atoms with Gasteiger partial charge in [0.1, 0.15) is 6.04 Å². The van der Waals surface area contributed by atoms with Crippen LogP contribution in [0, 0.1) is 0 Å². The number of fused-ring (bicyclic) bond motifs is 1. The first-order valence-corrected chi connectivity index (χ1v) is 5.44. The van der Waals surface area contributed by atoms with E-state index in [2.05, 4.69) is 11.8 Å². The fourth-order valence-corrected chi connectivity index (χ4v) is 1.97. The minimum Gasteiger partial charge on any atom is -0.375 e. The van der Waals surface area contributed by atoms with E-state index in [1.54, 1.807) is 11.9 Å². The smallest absolute Gasteiger partial charge is 0.248 e. The number of anilines is 2. The van der Waals surface area contributed by atoms with Crippen molar-refractivity contribution in [2.75, 3.05) is 30.4 Å². The zero-order valence-electron chi connectivity index (χ0n) is 9.90. The molecule has 0 saturated carbocycles. The summed E-state index contributed by atoms with van der Waals surface area (Å²) in [5, 5.41) is 0. The molecular formula is C12H17N3O. The maximum atomic E-state index is 11.7. The molecule has 1 aromatic rings. The van der Waals surface area contributed by atoms with Crippen molar-refractivity contribution < 1.29 is 4.79 Å². The Balaban J connectivity index is 2.45. The fourth-order valence-electron chi connectivity index (χ4n) is 1.97. The van der Waals surface area contributed by atoms with Crippen LogP contribution in [0.3, 0.4) is 0 Å². The first-order valence-electron chi connectivity index (χ1n) is 5.44. The first kappa shape index (κ1) is 11.0. The number of benzene rings is 1. The summed E-state index contributed by atoms with van der Waals surface area (Å²) in [6, 6.07) is 5.47. The fraction of sp³-hybridized carbons (Fsp3) is 0.417. The Morgan fingerprint density at radius 1 is 1.50 bits per heavy atom. The average molecular weight is 219 g/mol. The maximum absolute atomic E-state index is 11.7. The molecule has 0 spiro atoms. The van der Waals surface area contributed by atoms with Gasteiger partial charge in [-0.05, 0) is 19.1 Å². The summed E-state index contributed by atoms with van der Waals surface area (Å²) in [6.45, 7) is 3.02. The molecule has 86 valence electrons. The minimum atomic E-state index is -0.499. The summed E-state index contributed by atoms with van der Waals surface area (Å²) >= 11 is 0. The molecular weight excluding hydrogens is 202 g/mol. The van der Waals surface area contributed by atoms with E-state index in [-0.39, 0.29) is 5.91 Å². The monoisotopic (exact) mass is 219 g/mol. The highest BCUT2D eigenvalue weighted by molar-refractivity contribution is 6.04. The van der Waals surface area contributed by atoms with Gasteiger partial charge in [-0.1, -0.05) is 6.07 Å². The van der Waals surface area contributed by atoms with E-state index >= 15 is 0 Å². The predicted octanol–water partition coefficient (Wildman–Crippen LogP) is 1.12. The van der Waals surface area contributed by atoms with Gasteiger partial charge in [0.05, 0.1) is 5.69 Å². The molecule has 0 aromatic heterocycles. The van der Waals surface area contributed by atoms with Gasteiger partial charge in [-0.3, -0.25) is 4.79 Å². The van der Waals surface area contributed by atoms with Gasteiger partial charge in [-0.2, -0.15) is 0 Å². The quantitative estimate of drug-likeness (QED) is 0.811. The van der Waals surface area contributed by atoms with Crippen LogP contribution in [0.1, 0.15) is 18.5 Å². The molecule has 1 aromatic carbocycles. The van der Waals surface area contributed by atoms with Crippen LogP contribution in [0.15, 0.2) is 18.2 Å². The van der Waals surface area contributed by atoms with Crippen LogP contribution in [0.25, 0.3) is 0 Å². The van der Waals surface area contributed by atoms with Gasteiger partial charge in [-0.15, -0.1) is 0 Å². The number of rotatable bonds is 2. The minimum absolute atomic E-state index is 0.0358. The molecule has 4 heteroatoms. The lowest BCUT2D eigenvalue weighted by molar-refractivity contribution is -0.118. The lowest BCUT2D eigenvalue weighted by Crippen LogP contribution is -2.27. The van der Waals surface area contributed by atoms with Crippen LogP contribution in [0.5, 0.6) is 0 Å². The number of likely N-dealkylation sites (N-methyl/N-ethyl adjacent to an activating group) is 1. The van der Waals surface area contributed by atoms with Gasteiger partial charge in [-0.25, -0.2) is 0 Å². The zero-order valence-corrected chi connectivity index (χ0v) is 9.90. The van der Waals surface area contributed by atoms with Crippen LogP contribution in [-0.2, 0) is 4.79 Å². The molecule has 1 unspecified atom stereocenters. The van der Waals surface area contributed by atoms with Crippen molar-refractivity contribution >= 4 is 17.3 Å². The summed E-state index contributed by atoms with van der Waals surface area (Å²) in [7, 11) is 3.79. The summed E-state index contributed by atoms with van der Waals surface area (Å²) < 4.78 is 0. The van der Waals surface area contributed by atoms with Crippen LogP contribution in [-0.4, -0.2) is 26.5 Å². The summed E-state index contributed by atoms with van der Waals surface area (Å²) in [6.07, 6.45) is 0. The van der Waals surface area contributed by atoms with E-state index in [1.165, 1.54) is 0 Å². The number of nitrogens with zero attached hydrogens (tertiary/aromatic N) is 2. The van der Waals surface area contributed by atoms with E-state index in [9.17, 15) is 4.79 Å². The molecule has 0 aliphatic carbocycles. The second kappa shape index (κ2) is 3.79. The van der Waals surface area contributed by atoms with E-state index in [0.29, 0.717) is 0 Å². The molecule has 0 saturated heterocycles. The number of hydrogen-bond donors (Lipinski definition) is 1. The average Bonchev–Trinajstić information content (AvgIpc) is 2.53. The Morgan fingerprint density at radius 2 is 2.19 bits per heavy atom. The summed E-state index contributed by atoms with van der Waals surface area (Å²) in [5.41, 5.74) is 8.78. The van der Waals surface area contributed by atoms with Gasteiger partial charge in [0.15, 0.2) is 0 Å². The van der Waals surface area contributed by atoms with Crippen molar-refractivity contribution in [1.29, 1.82) is 0 Å². The van der Waals surface area contributed by atoms with Gasteiger partial charge in [0.25, 0.3) is 0 Å². The number of amides is 1. The molecule has 1 amide bonds. The van der Waals surface area contributed by atoms with Gasteiger partial charge < -0.3 is 15.5 Å². The Bertz CT molecular complexity index is 430. The second-order valence-corrected chi connectivity index (χ2v) is 4.13. The molecule has 1 aliphatic rings. The van der Waals surface area contributed by atoms with Crippen molar-refractivity contribution in [3.8, 4) is 0 Å². The van der Waals surface area contributed by atoms with E-state index in [0.717, 1.165) is 23.5 Å². The lowest BCUT2D eigenvalue weighted by atomic mass is 10.1. The molecule has 0 bridgehead atoms. The first-order chi connectivity index (χ1) is 7.56. The molecule has 2 N–H and O–H groups in total. The summed E-state index contributed by atoms with van der Waals surface area (Å²) in [4.78, 5) is 15.5. The van der Waals surface area contributed by atoms with Crippen LogP contribution < -0.4 is 15.5 Å². The van der Waals surface area contributed by atoms with E-state index < -0.39 is 6.04 Å². The van der Waals surface area contributed by atoms with Gasteiger partial charge in [0.2, 0.25) is 5.91 Å². The Kier molecular flexibility index (Phi) is 2.59.